The van der Waals surface area contributed by atoms with Gasteiger partial charge in [0, 0.05) is 0 Å². The molecule has 0 fully saturated rings. The highest BCUT2D eigenvalue weighted by atomic mass is 31.1. The van der Waals surface area contributed by atoms with Crippen molar-refractivity contribution in [2.75, 3.05) is 0 Å². The summed E-state index contributed by atoms with van der Waals surface area (Å²) in [7, 11) is -1.13. The molecule has 0 aliphatic heterocycles. The van der Waals surface area contributed by atoms with Crippen molar-refractivity contribution in [1.82, 2.24) is 0 Å². The van der Waals surface area contributed by atoms with Gasteiger partial charge in [0.2, 0.25) is 0 Å². The predicted molar refractivity (Wildman–Crippen MR) is 29.0 cm³/mol. The van der Waals surface area contributed by atoms with E-state index in [1.54, 1.807) is 23.7 Å². The summed E-state index contributed by atoms with van der Waals surface area (Å²) < 4.78 is 0. The first-order chi connectivity index (χ1) is 3.39. The quantitative estimate of drug-likeness (QED) is 0.492. The van der Waals surface area contributed by atoms with Crippen LogP contribution in [0, 0.1) is 0 Å². The lowest BCUT2D eigenvalue weighted by molar-refractivity contribution is -0.150. The maximum atomic E-state index is 10.4. The molecule has 0 amide bonds. The molecule has 36 valence electrons. The van der Waals surface area contributed by atoms with Gasteiger partial charge in [0.1, 0.15) is 11.6 Å². The van der Waals surface area contributed by atoms with Crippen molar-refractivity contribution in [3.8, 4) is 0 Å². The van der Waals surface area contributed by atoms with E-state index in [1.807, 2.05) is 6.07 Å². The van der Waals surface area contributed by atoms with Gasteiger partial charge < -0.3 is 4.89 Å². The van der Waals surface area contributed by atoms with E-state index >= 15 is 0 Å². The fourth-order valence-electron chi connectivity index (χ4n) is 0.383. The molecule has 0 saturated carbocycles. The minimum absolute atomic E-state index is 1.13. The van der Waals surface area contributed by atoms with Crippen LogP contribution in [0.1, 0.15) is 0 Å². The van der Waals surface area contributed by atoms with E-state index in [4.69, 9.17) is 0 Å². The third-order valence-corrected chi connectivity index (χ3v) is 1.62. The van der Waals surface area contributed by atoms with Gasteiger partial charge in [0.05, 0.1) is 7.76 Å². The van der Waals surface area contributed by atoms with Crippen LogP contribution in [0.3, 0.4) is 0 Å². The van der Waals surface area contributed by atoms with E-state index in [9.17, 15) is 4.89 Å². The SMILES string of the molecule is [O-][p+]1ccccc1. The Kier molecular flexibility index (Phi) is 1.40. The van der Waals surface area contributed by atoms with Gasteiger partial charge >= 0.3 is 0 Å². The zero-order valence-electron chi connectivity index (χ0n) is 3.74. The van der Waals surface area contributed by atoms with Gasteiger partial charge in [-0.15, -0.1) is 0 Å². The third-order valence-electron chi connectivity index (χ3n) is 0.688. The molecule has 0 atom stereocenters. The smallest absolute Gasteiger partial charge is 0.109 e. The second kappa shape index (κ2) is 2.06. The molecule has 1 nitrogen and oxygen atoms in total. The number of hydrogen-bond acceptors (Lipinski definition) is 1. The topological polar surface area (TPSA) is 23.1 Å². The Morgan fingerprint density at radius 1 is 1.00 bits per heavy atom. The first kappa shape index (κ1) is 4.76. The van der Waals surface area contributed by atoms with Crippen molar-refractivity contribution in [1.29, 1.82) is 0 Å². The molecule has 0 spiro atoms. The molecular weight excluding hydrogens is 107 g/mol. The Labute approximate surface area is 43.4 Å². The first-order valence-electron chi connectivity index (χ1n) is 2.03. The Hall–Kier alpha value is -0.390. The van der Waals surface area contributed by atoms with E-state index in [0.717, 1.165) is 0 Å². The summed E-state index contributed by atoms with van der Waals surface area (Å²) in [5.74, 6) is 3.35. The van der Waals surface area contributed by atoms with Crippen LogP contribution in [-0.2, 0) is 0 Å². The summed E-state index contributed by atoms with van der Waals surface area (Å²) in [6.07, 6.45) is 0. The fourth-order valence-corrected chi connectivity index (χ4v) is 1.02. The van der Waals surface area contributed by atoms with E-state index in [2.05, 4.69) is 0 Å². The van der Waals surface area contributed by atoms with Crippen LogP contribution in [-0.4, -0.2) is 0 Å². The fraction of sp³-hybridized carbons (Fsp3) is 0. The summed E-state index contributed by atoms with van der Waals surface area (Å²) in [5, 5.41) is 0. The summed E-state index contributed by atoms with van der Waals surface area (Å²) in [4.78, 5) is 10.4. The molecule has 0 unspecified atom stereocenters. The Balaban J connectivity index is 3.02. The summed E-state index contributed by atoms with van der Waals surface area (Å²) in [6.45, 7) is 0. The van der Waals surface area contributed by atoms with Gasteiger partial charge in [-0.25, -0.2) is 0 Å². The van der Waals surface area contributed by atoms with Crippen molar-refractivity contribution in [3.05, 3.63) is 29.8 Å². The van der Waals surface area contributed by atoms with Crippen molar-refractivity contribution in [2.45, 2.75) is 0 Å². The predicted octanol–water partition coefficient (Wildman–Crippen LogP) is 1.08. The highest BCUT2D eigenvalue weighted by Crippen LogP contribution is 2.11. The molecule has 1 rings (SSSR count). The average Bonchev–Trinajstić information content (AvgIpc) is 1.69. The molecule has 0 radical (unpaired) electrons. The number of hydrogen-bond donors (Lipinski definition) is 0. The maximum absolute atomic E-state index is 10.4. The lowest BCUT2D eigenvalue weighted by Gasteiger charge is -1.81. The van der Waals surface area contributed by atoms with Gasteiger partial charge in [0.25, 0.3) is 0 Å². The Morgan fingerprint density at radius 3 is 1.86 bits per heavy atom. The van der Waals surface area contributed by atoms with E-state index in [0.29, 0.717) is 0 Å². The Bertz CT molecular complexity index is 138. The first-order valence-corrected chi connectivity index (χ1v) is 3.43. The molecule has 0 bridgehead atoms. The van der Waals surface area contributed by atoms with Crippen LogP contribution in [0.2, 0.25) is 0 Å². The largest absolute Gasteiger partial charge is 0.626 e. The molecule has 0 aliphatic carbocycles. The lowest BCUT2D eigenvalue weighted by atomic mass is 10.6. The van der Waals surface area contributed by atoms with E-state index in [1.165, 1.54) is 0 Å². The highest BCUT2D eigenvalue weighted by Gasteiger charge is 1.78. The lowest BCUT2D eigenvalue weighted by Crippen LogP contribution is -1.78. The van der Waals surface area contributed by atoms with Crippen LogP contribution < -0.4 is 4.89 Å². The molecule has 0 N–H and O–H groups in total. The Morgan fingerprint density at radius 2 is 1.57 bits per heavy atom. The molecule has 0 saturated heterocycles. The van der Waals surface area contributed by atoms with Gasteiger partial charge in [-0.1, -0.05) is 6.07 Å². The second-order valence-corrected chi connectivity index (χ2v) is 2.55. The normalized spacial score (nSPS) is 8.71. The molecule has 0 aromatic carbocycles. The monoisotopic (exact) mass is 112 g/mol. The molecule has 1 aromatic heterocycles. The van der Waals surface area contributed by atoms with Crippen LogP contribution >= 0.6 is 7.76 Å². The molecule has 2 heteroatoms. The summed E-state index contributed by atoms with van der Waals surface area (Å²) >= 11 is 0. The van der Waals surface area contributed by atoms with Crippen molar-refractivity contribution in [2.24, 2.45) is 0 Å². The zero-order valence-corrected chi connectivity index (χ0v) is 4.64. The maximum Gasteiger partial charge on any atom is 0.109 e. The van der Waals surface area contributed by atoms with Gasteiger partial charge in [-0.05, 0) is 12.1 Å². The van der Waals surface area contributed by atoms with E-state index in [-0.39, 0.29) is 0 Å². The molecule has 1 heterocycles. The standard InChI is InChI=1S/C5H5OP/c6-7-4-2-1-3-5-7/h1-5H. The second-order valence-electron chi connectivity index (χ2n) is 1.24. The number of rotatable bonds is 0. The minimum Gasteiger partial charge on any atom is -0.626 e. The van der Waals surface area contributed by atoms with Crippen LogP contribution in [0.25, 0.3) is 0 Å². The van der Waals surface area contributed by atoms with Crippen molar-refractivity contribution in [3.63, 3.8) is 0 Å². The van der Waals surface area contributed by atoms with Crippen LogP contribution in [0.15, 0.2) is 29.8 Å². The van der Waals surface area contributed by atoms with Gasteiger partial charge in [0.15, 0.2) is 0 Å². The van der Waals surface area contributed by atoms with E-state index < -0.39 is 7.76 Å². The minimum atomic E-state index is -1.13. The summed E-state index contributed by atoms with van der Waals surface area (Å²) in [6, 6.07) is 5.44. The summed E-state index contributed by atoms with van der Waals surface area (Å²) in [5.41, 5.74) is 0. The van der Waals surface area contributed by atoms with Crippen molar-refractivity contribution < 1.29 is 4.89 Å². The molecule has 1 aromatic rings. The van der Waals surface area contributed by atoms with Crippen LogP contribution in [0.5, 0.6) is 0 Å². The van der Waals surface area contributed by atoms with Gasteiger partial charge in [-0.3, -0.25) is 0 Å². The van der Waals surface area contributed by atoms with Gasteiger partial charge in [-0.2, -0.15) is 0 Å². The van der Waals surface area contributed by atoms with Crippen LogP contribution in [0.4, 0.5) is 0 Å². The zero-order chi connectivity index (χ0) is 5.11. The molecule has 7 heavy (non-hydrogen) atoms. The van der Waals surface area contributed by atoms with Crippen molar-refractivity contribution >= 4 is 7.76 Å². The molecule has 0 aliphatic rings. The highest BCUT2D eigenvalue weighted by molar-refractivity contribution is 7.40. The third kappa shape index (κ3) is 1.26. The average molecular weight is 112 g/mol. The molecular formula is C5H5OP.